The van der Waals surface area contributed by atoms with Crippen molar-refractivity contribution in [2.45, 2.75) is 17.0 Å². The lowest BCUT2D eigenvalue weighted by Crippen LogP contribution is -2.49. The average Bonchev–Trinajstić information content (AvgIpc) is 2.97. The number of carbonyl (C=O) groups excluding carboxylic acids is 2. The Morgan fingerprint density at radius 2 is 2.04 bits per heavy atom. The summed E-state index contributed by atoms with van der Waals surface area (Å²) in [7, 11) is 0. The molecule has 126 valence electrons. The summed E-state index contributed by atoms with van der Waals surface area (Å²) in [4.78, 5) is 27.0. The van der Waals surface area contributed by atoms with Gasteiger partial charge in [-0.25, -0.2) is 4.39 Å². The number of hydrogen-bond donors (Lipinski definition) is 3. The van der Waals surface area contributed by atoms with Gasteiger partial charge in [-0.1, -0.05) is 0 Å². The molecule has 0 radical (unpaired) electrons. The Kier molecular flexibility index (Phi) is 2.86. The zero-order valence-electron chi connectivity index (χ0n) is 12.5. The second-order valence-corrected chi connectivity index (χ2v) is 7.67. The third kappa shape index (κ3) is 1.72. The molecule has 1 aliphatic carbocycles. The van der Waals surface area contributed by atoms with Crippen molar-refractivity contribution in [3.8, 4) is 0 Å². The van der Waals surface area contributed by atoms with Crippen LogP contribution in [-0.4, -0.2) is 47.1 Å². The van der Waals surface area contributed by atoms with E-state index in [4.69, 9.17) is 5.73 Å². The first-order chi connectivity index (χ1) is 11.5. The van der Waals surface area contributed by atoms with Gasteiger partial charge in [0.15, 0.2) is 0 Å². The minimum Gasteiger partial charge on any atom is -0.368 e. The minimum absolute atomic E-state index is 0.0408. The summed E-state index contributed by atoms with van der Waals surface area (Å²) < 4.78 is 14.8. The van der Waals surface area contributed by atoms with E-state index in [-0.39, 0.29) is 16.7 Å². The fourth-order valence-corrected chi connectivity index (χ4v) is 5.28. The first-order valence-electron chi connectivity index (χ1n) is 7.79. The number of benzene rings is 1. The van der Waals surface area contributed by atoms with E-state index in [1.165, 1.54) is 11.8 Å². The second-order valence-electron chi connectivity index (χ2n) is 6.69. The predicted octanol–water partition coefficient (Wildman–Crippen LogP) is 0.284. The van der Waals surface area contributed by atoms with E-state index in [1.807, 2.05) is 4.90 Å². The molecular weight excluding hydrogens is 335 g/mol. The van der Waals surface area contributed by atoms with Gasteiger partial charge in [0.2, 0.25) is 0 Å². The van der Waals surface area contributed by atoms with Gasteiger partial charge in [0.25, 0.3) is 11.8 Å². The van der Waals surface area contributed by atoms with E-state index in [9.17, 15) is 19.2 Å². The van der Waals surface area contributed by atoms with Crippen LogP contribution in [0.4, 0.5) is 10.1 Å². The fourth-order valence-electron chi connectivity index (χ4n) is 4.14. The lowest BCUT2D eigenvalue weighted by Gasteiger charge is -2.36. The molecule has 0 bridgehead atoms. The molecule has 9 heteroatoms. The van der Waals surface area contributed by atoms with E-state index < -0.39 is 23.7 Å². The molecule has 4 aliphatic rings. The zero-order chi connectivity index (χ0) is 16.7. The number of nitrogens with zero attached hydrogens (tertiary/aromatic N) is 2. The third-order valence-electron chi connectivity index (χ3n) is 5.49. The summed E-state index contributed by atoms with van der Waals surface area (Å²) in [5.74, 6) is -0.909. The molecule has 1 saturated heterocycles. The lowest BCUT2D eigenvalue weighted by molar-refractivity contribution is -0.157. The van der Waals surface area contributed by atoms with Gasteiger partial charge < -0.3 is 10.6 Å². The van der Waals surface area contributed by atoms with Gasteiger partial charge in [-0.05, 0) is 17.9 Å². The number of halogens is 1. The number of fused-ring (bicyclic) bond motifs is 1. The number of rotatable bonds is 1. The molecule has 2 amide bonds. The highest BCUT2D eigenvalue weighted by Crippen LogP contribution is 2.50. The summed E-state index contributed by atoms with van der Waals surface area (Å²) >= 11 is 1.38. The maximum atomic E-state index is 14.8. The van der Waals surface area contributed by atoms with Crippen molar-refractivity contribution in [1.29, 1.82) is 0 Å². The number of nitrogens with two attached hydrogens (primary N) is 1. The van der Waals surface area contributed by atoms with Gasteiger partial charge in [0.1, 0.15) is 11.9 Å². The number of thioether (sulfide) groups is 1. The SMILES string of the molecule is N[C@@H]1[C@H]2CN(c3c(F)cc4c5c3SCNC5C(=O)N(O)C4=O)C[C@@H]12. The van der Waals surface area contributed by atoms with Crippen LogP contribution in [0.2, 0.25) is 0 Å². The van der Waals surface area contributed by atoms with Crippen molar-refractivity contribution >= 4 is 29.3 Å². The molecule has 4 atom stereocenters. The van der Waals surface area contributed by atoms with Crippen molar-refractivity contribution in [3.63, 3.8) is 0 Å². The molecule has 2 fully saturated rings. The molecule has 7 nitrogen and oxygen atoms in total. The van der Waals surface area contributed by atoms with Crippen molar-refractivity contribution in [3.05, 3.63) is 23.0 Å². The Labute approximate surface area is 140 Å². The number of hydrogen-bond acceptors (Lipinski definition) is 7. The number of hydroxylamine groups is 2. The molecule has 24 heavy (non-hydrogen) atoms. The lowest BCUT2D eigenvalue weighted by atomic mass is 9.93. The van der Waals surface area contributed by atoms with Crippen molar-refractivity contribution < 1.29 is 19.2 Å². The average molecular weight is 350 g/mol. The van der Waals surface area contributed by atoms with Crippen LogP contribution in [0, 0.1) is 17.7 Å². The number of nitrogens with one attached hydrogen (secondary N) is 1. The van der Waals surface area contributed by atoms with Crippen LogP contribution in [0.5, 0.6) is 0 Å². The zero-order valence-corrected chi connectivity index (χ0v) is 13.3. The van der Waals surface area contributed by atoms with Crippen LogP contribution in [0.15, 0.2) is 11.0 Å². The van der Waals surface area contributed by atoms with Gasteiger partial charge in [0, 0.05) is 35.5 Å². The Balaban J connectivity index is 1.66. The van der Waals surface area contributed by atoms with Crippen molar-refractivity contribution in [2.24, 2.45) is 17.6 Å². The number of piperidine rings is 1. The maximum absolute atomic E-state index is 14.8. The van der Waals surface area contributed by atoms with Gasteiger partial charge in [0.05, 0.1) is 11.3 Å². The monoisotopic (exact) mass is 350 g/mol. The van der Waals surface area contributed by atoms with Crippen LogP contribution < -0.4 is 16.0 Å². The molecule has 3 aliphatic heterocycles. The van der Waals surface area contributed by atoms with Crippen molar-refractivity contribution in [1.82, 2.24) is 10.4 Å². The van der Waals surface area contributed by atoms with E-state index >= 15 is 0 Å². The highest BCUT2D eigenvalue weighted by Gasteiger charge is 2.54. The largest absolute Gasteiger partial charge is 0.368 e. The van der Waals surface area contributed by atoms with Gasteiger partial charge in [-0.15, -0.1) is 11.8 Å². The number of anilines is 1. The summed E-state index contributed by atoms with van der Waals surface area (Å²) in [6.45, 7) is 1.39. The summed E-state index contributed by atoms with van der Waals surface area (Å²) in [6.07, 6.45) is 0. The number of amides is 2. The Hall–Kier alpha value is -1.68. The standard InChI is InChI=1S/C15H15FN4O3S/c16-8-1-5-9-11(15(22)20(23)14(5)21)18-4-24-13(9)12(8)19-2-6-7(3-19)10(6)17/h1,6-7,10-11,18,23H,2-4,17H2/t6-,7+,10+,11?. The highest BCUT2D eigenvalue weighted by atomic mass is 32.2. The topological polar surface area (TPSA) is 98.9 Å². The summed E-state index contributed by atoms with van der Waals surface area (Å²) in [6, 6.07) is 0.514. The van der Waals surface area contributed by atoms with Gasteiger partial charge in [-0.2, -0.15) is 5.06 Å². The molecule has 0 aromatic heterocycles. The van der Waals surface area contributed by atoms with E-state index in [0.717, 1.165) is 6.07 Å². The molecule has 1 unspecified atom stereocenters. The molecule has 1 aromatic carbocycles. The minimum atomic E-state index is -0.881. The van der Waals surface area contributed by atoms with Crippen LogP contribution in [-0.2, 0) is 4.79 Å². The van der Waals surface area contributed by atoms with E-state index in [0.29, 0.717) is 46.9 Å². The maximum Gasteiger partial charge on any atom is 0.285 e. The first kappa shape index (κ1) is 14.6. The molecule has 4 N–H and O–H groups in total. The van der Waals surface area contributed by atoms with Crippen LogP contribution in [0.25, 0.3) is 0 Å². The highest BCUT2D eigenvalue weighted by molar-refractivity contribution is 7.99. The van der Waals surface area contributed by atoms with Crippen LogP contribution in [0.1, 0.15) is 22.0 Å². The Morgan fingerprint density at radius 3 is 2.75 bits per heavy atom. The molecule has 5 rings (SSSR count). The third-order valence-corrected chi connectivity index (χ3v) is 6.51. The normalized spacial score (nSPS) is 33.6. The molecule has 1 saturated carbocycles. The molecular formula is C15H15FN4O3S. The molecule has 3 heterocycles. The second kappa shape index (κ2) is 4.69. The van der Waals surface area contributed by atoms with Crippen LogP contribution >= 0.6 is 11.8 Å². The summed E-state index contributed by atoms with van der Waals surface area (Å²) in [5.41, 5.74) is 6.93. The van der Waals surface area contributed by atoms with Crippen molar-refractivity contribution in [2.75, 3.05) is 23.9 Å². The number of carbonyl (C=O) groups is 2. The van der Waals surface area contributed by atoms with E-state index in [1.54, 1.807) is 0 Å². The Bertz CT molecular complexity index is 791. The Morgan fingerprint density at radius 1 is 1.33 bits per heavy atom. The number of imide groups is 1. The summed E-state index contributed by atoms with van der Waals surface area (Å²) in [5, 5.41) is 12.7. The first-order valence-corrected chi connectivity index (χ1v) is 8.78. The van der Waals surface area contributed by atoms with Gasteiger partial charge in [-0.3, -0.25) is 20.1 Å². The fraction of sp³-hybridized carbons (Fsp3) is 0.467. The quantitative estimate of drug-likeness (QED) is 0.494. The molecule has 0 spiro atoms. The molecule has 1 aromatic rings. The van der Waals surface area contributed by atoms with Gasteiger partial charge >= 0.3 is 0 Å². The van der Waals surface area contributed by atoms with E-state index in [2.05, 4.69) is 5.32 Å². The smallest absolute Gasteiger partial charge is 0.285 e. The predicted molar refractivity (Wildman–Crippen MR) is 83.1 cm³/mol. The van der Waals surface area contributed by atoms with Crippen LogP contribution in [0.3, 0.4) is 0 Å².